The Kier molecular flexibility index (Phi) is 3.95. The molecule has 0 amide bonds. The first kappa shape index (κ1) is 11.3. The monoisotopic (exact) mass is 226 g/mol. The maximum atomic E-state index is 4.48. The van der Waals surface area contributed by atoms with Crippen molar-refractivity contribution in [3.05, 3.63) is 0 Å². The Morgan fingerprint density at radius 3 is 2.67 bits per heavy atom. The lowest BCUT2D eigenvalue weighted by atomic mass is 9.88. The molecule has 0 bridgehead atoms. The summed E-state index contributed by atoms with van der Waals surface area (Å²) in [5, 5.41) is 3.57. The van der Waals surface area contributed by atoms with Crippen LogP contribution >= 0.6 is 11.8 Å². The van der Waals surface area contributed by atoms with Gasteiger partial charge >= 0.3 is 0 Å². The highest BCUT2D eigenvalue weighted by molar-refractivity contribution is 8.00. The lowest BCUT2D eigenvalue weighted by molar-refractivity contribution is 0.395. The average molecular weight is 226 g/mol. The van der Waals surface area contributed by atoms with E-state index < -0.39 is 0 Å². The van der Waals surface area contributed by atoms with Gasteiger partial charge in [0.1, 0.15) is 0 Å². The van der Waals surface area contributed by atoms with Crippen molar-refractivity contribution in [3.63, 3.8) is 0 Å². The molecule has 0 aromatic heterocycles. The number of nitrogens with zero attached hydrogens (tertiary/aromatic N) is 1. The van der Waals surface area contributed by atoms with Gasteiger partial charge in [0.05, 0.1) is 5.84 Å². The van der Waals surface area contributed by atoms with Gasteiger partial charge in [-0.05, 0) is 25.5 Å². The lowest BCUT2D eigenvalue weighted by Gasteiger charge is -2.36. The smallest absolute Gasteiger partial charge is 0.0964 e. The molecule has 0 atom stereocenters. The minimum atomic E-state index is 0.503. The summed E-state index contributed by atoms with van der Waals surface area (Å²) in [6, 6.07) is 0. The van der Waals surface area contributed by atoms with Crippen molar-refractivity contribution >= 4 is 17.6 Å². The van der Waals surface area contributed by atoms with Crippen LogP contribution in [0.3, 0.4) is 0 Å². The maximum Gasteiger partial charge on any atom is 0.0964 e. The molecule has 15 heavy (non-hydrogen) atoms. The molecule has 0 spiro atoms. The fourth-order valence-corrected chi connectivity index (χ4v) is 3.51. The minimum Gasteiger partial charge on any atom is -0.372 e. The van der Waals surface area contributed by atoms with E-state index in [1.807, 2.05) is 0 Å². The van der Waals surface area contributed by atoms with Crippen LogP contribution in [0, 0.1) is 0 Å². The second kappa shape index (κ2) is 5.24. The number of rotatable bonds is 3. The third-order valence-corrected chi connectivity index (χ3v) is 5.11. The number of hydrogen-bond donors (Lipinski definition) is 1. The molecule has 1 aliphatic heterocycles. The molecule has 1 heterocycles. The van der Waals surface area contributed by atoms with Crippen molar-refractivity contribution < 1.29 is 0 Å². The van der Waals surface area contributed by atoms with E-state index in [1.54, 1.807) is 0 Å². The SMILES string of the molecule is CSC1(CNC2=NCCC2)CCCCC1. The second-order valence-corrected chi connectivity index (χ2v) is 6.01. The summed E-state index contributed by atoms with van der Waals surface area (Å²) in [7, 11) is 0. The van der Waals surface area contributed by atoms with Crippen molar-refractivity contribution in [1.29, 1.82) is 0 Å². The van der Waals surface area contributed by atoms with Gasteiger partial charge < -0.3 is 5.32 Å². The quantitative estimate of drug-likeness (QED) is 0.800. The average Bonchev–Trinajstić information content (AvgIpc) is 2.81. The van der Waals surface area contributed by atoms with E-state index >= 15 is 0 Å². The van der Waals surface area contributed by atoms with Gasteiger partial charge in [-0.1, -0.05) is 19.3 Å². The molecule has 0 unspecified atom stereocenters. The maximum absolute atomic E-state index is 4.48. The van der Waals surface area contributed by atoms with E-state index in [4.69, 9.17) is 0 Å². The summed E-state index contributed by atoms with van der Waals surface area (Å²) >= 11 is 2.06. The molecule has 0 saturated heterocycles. The molecule has 2 nitrogen and oxygen atoms in total. The zero-order chi connectivity index (χ0) is 10.6. The first-order valence-electron chi connectivity index (χ1n) is 6.17. The Balaban J connectivity index is 1.83. The largest absolute Gasteiger partial charge is 0.372 e. The summed E-state index contributed by atoms with van der Waals surface area (Å²) in [5.74, 6) is 1.26. The van der Waals surface area contributed by atoms with Crippen LogP contribution in [0.15, 0.2) is 4.99 Å². The Morgan fingerprint density at radius 2 is 2.07 bits per heavy atom. The molecule has 0 radical (unpaired) electrons. The third-order valence-electron chi connectivity index (χ3n) is 3.69. The normalized spacial score (nSPS) is 25.0. The Morgan fingerprint density at radius 1 is 1.27 bits per heavy atom. The van der Waals surface area contributed by atoms with Crippen molar-refractivity contribution in [2.45, 2.75) is 49.7 Å². The third kappa shape index (κ3) is 2.90. The number of aliphatic imine (C=N–C) groups is 1. The van der Waals surface area contributed by atoms with E-state index in [0.717, 1.165) is 13.1 Å². The molecule has 0 aromatic carbocycles. The molecule has 1 N–H and O–H groups in total. The summed E-state index contributed by atoms with van der Waals surface area (Å²) < 4.78 is 0.503. The molecule has 0 aromatic rings. The van der Waals surface area contributed by atoms with Gasteiger partial charge in [-0.15, -0.1) is 0 Å². The van der Waals surface area contributed by atoms with E-state index in [9.17, 15) is 0 Å². The summed E-state index contributed by atoms with van der Waals surface area (Å²) in [4.78, 5) is 4.48. The summed E-state index contributed by atoms with van der Waals surface area (Å²) in [6.07, 6.45) is 11.7. The first-order valence-corrected chi connectivity index (χ1v) is 7.39. The Hall–Kier alpha value is -0.180. The van der Waals surface area contributed by atoms with Gasteiger partial charge in [-0.25, -0.2) is 0 Å². The fraction of sp³-hybridized carbons (Fsp3) is 0.917. The van der Waals surface area contributed by atoms with Gasteiger partial charge in [0.2, 0.25) is 0 Å². The molecule has 1 fully saturated rings. The highest BCUT2D eigenvalue weighted by Crippen LogP contribution is 2.37. The standard InChI is InChI=1S/C12H22N2S/c1-15-12(7-3-2-4-8-12)10-14-11-6-5-9-13-11/h2-10H2,1H3,(H,13,14). The molecule has 2 aliphatic rings. The molecule has 1 saturated carbocycles. The molecular formula is C12H22N2S. The zero-order valence-corrected chi connectivity index (χ0v) is 10.5. The van der Waals surface area contributed by atoms with Crippen LogP contribution in [-0.4, -0.2) is 29.9 Å². The Bertz CT molecular complexity index is 232. The van der Waals surface area contributed by atoms with Crippen molar-refractivity contribution in [1.82, 2.24) is 5.32 Å². The molecule has 2 rings (SSSR count). The van der Waals surface area contributed by atoms with Gasteiger partial charge in [0, 0.05) is 24.3 Å². The van der Waals surface area contributed by atoms with Crippen molar-refractivity contribution in [2.24, 2.45) is 4.99 Å². The molecule has 1 aliphatic carbocycles. The van der Waals surface area contributed by atoms with Crippen LogP contribution in [0.25, 0.3) is 0 Å². The number of amidine groups is 1. The van der Waals surface area contributed by atoms with E-state index in [0.29, 0.717) is 4.75 Å². The summed E-state index contributed by atoms with van der Waals surface area (Å²) in [5.41, 5.74) is 0. The molecule has 3 heteroatoms. The number of thioether (sulfide) groups is 1. The zero-order valence-electron chi connectivity index (χ0n) is 9.72. The van der Waals surface area contributed by atoms with E-state index in [1.165, 1.54) is 50.8 Å². The van der Waals surface area contributed by atoms with Crippen molar-refractivity contribution in [3.8, 4) is 0 Å². The van der Waals surface area contributed by atoms with Crippen LogP contribution in [0.5, 0.6) is 0 Å². The van der Waals surface area contributed by atoms with Gasteiger partial charge in [-0.2, -0.15) is 11.8 Å². The van der Waals surface area contributed by atoms with E-state index in [-0.39, 0.29) is 0 Å². The van der Waals surface area contributed by atoms with Crippen LogP contribution in [0.2, 0.25) is 0 Å². The second-order valence-electron chi connectivity index (χ2n) is 4.73. The molecule has 86 valence electrons. The summed E-state index contributed by atoms with van der Waals surface area (Å²) in [6.45, 7) is 2.17. The van der Waals surface area contributed by atoms with Crippen LogP contribution < -0.4 is 5.32 Å². The predicted molar refractivity (Wildman–Crippen MR) is 68.9 cm³/mol. The Labute approximate surface area is 97.3 Å². The number of nitrogens with one attached hydrogen (secondary N) is 1. The minimum absolute atomic E-state index is 0.503. The predicted octanol–water partition coefficient (Wildman–Crippen LogP) is 2.83. The topological polar surface area (TPSA) is 24.4 Å². The number of hydrogen-bond acceptors (Lipinski definition) is 3. The fourth-order valence-electron chi connectivity index (χ4n) is 2.60. The van der Waals surface area contributed by atoms with Crippen LogP contribution in [-0.2, 0) is 0 Å². The van der Waals surface area contributed by atoms with Gasteiger partial charge in [0.25, 0.3) is 0 Å². The molecular weight excluding hydrogens is 204 g/mol. The first-order chi connectivity index (χ1) is 7.35. The van der Waals surface area contributed by atoms with Gasteiger partial charge in [-0.3, -0.25) is 4.99 Å². The van der Waals surface area contributed by atoms with Crippen molar-refractivity contribution in [2.75, 3.05) is 19.3 Å². The highest BCUT2D eigenvalue weighted by Gasteiger charge is 2.31. The van der Waals surface area contributed by atoms with Crippen LogP contribution in [0.1, 0.15) is 44.9 Å². The highest BCUT2D eigenvalue weighted by atomic mass is 32.2. The lowest BCUT2D eigenvalue weighted by Crippen LogP contribution is -2.41. The van der Waals surface area contributed by atoms with E-state index in [2.05, 4.69) is 28.3 Å². The van der Waals surface area contributed by atoms with Gasteiger partial charge in [0.15, 0.2) is 0 Å². The van der Waals surface area contributed by atoms with Crippen LogP contribution in [0.4, 0.5) is 0 Å².